The van der Waals surface area contributed by atoms with Gasteiger partial charge in [-0.2, -0.15) is 0 Å². The summed E-state index contributed by atoms with van der Waals surface area (Å²) in [4.78, 5) is 26.2. The fraction of sp³-hybridized carbons (Fsp3) is 0.522. The van der Waals surface area contributed by atoms with Crippen LogP contribution >= 0.6 is 0 Å². The molecular weight excluding hydrogens is 713 g/mol. The summed E-state index contributed by atoms with van der Waals surface area (Å²) in [6, 6.07) is 12.4. The molecule has 6 aliphatic carbocycles. The summed E-state index contributed by atoms with van der Waals surface area (Å²) in [5.41, 5.74) is 17.3. The van der Waals surface area contributed by atoms with Crippen LogP contribution in [0, 0.1) is 27.6 Å². The molecule has 11 nitrogen and oxygen atoms in total. The second kappa shape index (κ2) is 12.3. The number of fused-ring (bicyclic) bond motifs is 6. The van der Waals surface area contributed by atoms with Crippen LogP contribution in [0.1, 0.15) is 98.9 Å². The van der Waals surface area contributed by atoms with E-state index in [9.17, 15) is 0 Å². The highest BCUT2D eigenvalue weighted by molar-refractivity contribution is 5.77. The highest BCUT2D eigenvalue weighted by Crippen LogP contribution is 2.72. The first-order chi connectivity index (χ1) is 29.2. The zero-order chi connectivity index (χ0) is 42.3. The number of hydrogen-bond donors (Lipinski definition) is 2. The SMILES string of the molecule is [2H]C1([2H])OC(N)=NC12c1cc(-c3cncnc3)ccc1C[C@@]21CC[C@H](OC)C2(CC2)C1.[2H]C1([2H])OC(N)=NC12c1cc(-c3cncnc3)ccc1C[C@]21CC[C@@H](C)C2(CC2)C1. The molecule has 6 atom stereocenters. The van der Waals surface area contributed by atoms with E-state index in [2.05, 4.69) is 57.2 Å². The van der Waals surface area contributed by atoms with Gasteiger partial charge in [-0.1, -0.05) is 31.2 Å². The number of aromatic nitrogens is 4. The van der Waals surface area contributed by atoms with Gasteiger partial charge in [-0.15, -0.1) is 0 Å². The number of methoxy groups -OCH3 is 1. The minimum Gasteiger partial charge on any atom is -0.462 e. The second-order valence-electron chi connectivity index (χ2n) is 18.4. The van der Waals surface area contributed by atoms with Gasteiger partial charge in [-0.05, 0) is 139 Å². The minimum atomic E-state index is -2.02. The van der Waals surface area contributed by atoms with E-state index in [1.807, 2.05) is 6.07 Å². The van der Waals surface area contributed by atoms with Crippen LogP contribution in [0.25, 0.3) is 22.3 Å². The number of nitrogens with two attached hydrogens (primary N) is 2. The lowest BCUT2D eigenvalue weighted by Gasteiger charge is -2.49. The number of hydrogen-bond acceptors (Lipinski definition) is 11. The molecule has 294 valence electrons. The summed E-state index contributed by atoms with van der Waals surface area (Å²) in [6.07, 6.45) is 22.3. The zero-order valence-corrected chi connectivity index (χ0v) is 32.6. The Morgan fingerprint density at radius 2 is 1.12 bits per heavy atom. The Hall–Kier alpha value is -4.90. The van der Waals surface area contributed by atoms with Gasteiger partial charge in [0.25, 0.3) is 12.0 Å². The Bertz CT molecular complexity index is 2500. The van der Waals surface area contributed by atoms with Crippen LogP contribution in [0.4, 0.5) is 0 Å². The van der Waals surface area contributed by atoms with Crippen LogP contribution in [0.15, 0.2) is 83.8 Å². The number of rotatable bonds is 3. The van der Waals surface area contributed by atoms with Gasteiger partial charge in [0.1, 0.15) is 36.9 Å². The third-order valence-corrected chi connectivity index (χ3v) is 15.7. The van der Waals surface area contributed by atoms with Gasteiger partial charge in [0.2, 0.25) is 0 Å². The van der Waals surface area contributed by atoms with Gasteiger partial charge in [-0.25, -0.2) is 29.9 Å². The predicted octanol–water partition coefficient (Wildman–Crippen LogP) is 7.03. The molecule has 2 unspecified atom stereocenters. The van der Waals surface area contributed by atoms with Crippen molar-refractivity contribution in [3.05, 3.63) is 96.1 Å². The highest BCUT2D eigenvalue weighted by Gasteiger charge is 2.69. The van der Waals surface area contributed by atoms with Crippen LogP contribution in [-0.4, -0.2) is 58.3 Å². The Kier molecular flexibility index (Phi) is 6.72. The molecule has 4 N–H and O–H groups in total. The quantitative estimate of drug-likeness (QED) is 0.223. The van der Waals surface area contributed by atoms with E-state index in [0.29, 0.717) is 11.3 Å². The lowest BCUT2D eigenvalue weighted by atomic mass is 9.56. The van der Waals surface area contributed by atoms with Crippen molar-refractivity contribution < 1.29 is 19.7 Å². The monoisotopic (exact) mass is 768 g/mol. The maximum absolute atomic E-state index is 8.97. The molecule has 4 fully saturated rings. The fourth-order valence-electron chi connectivity index (χ4n) is 12.4. The first-order valence-corrected chi connectivity index (χ1v) is 20.5. The van der Waals surface area contributed by atoms with Gasteiger partial charge >= 0.3 is 0 Å². The van der Waals surface area contributed by atoms with E-state index in [1.165, 1.54) is 25.5 Å². The number of nitrogens with zero attached hydrogens (tertiary/aromatic N) is 6. The number of ether oxygens (including phenoxy) is 3. The van der Waals surface area contributed by atoms with Crippen molar-refractivity contribution in [1.29, 1.82) is 0 Å². The Labute approximate surface area is 339 Å². The Morgan fingerprint density at radius 3 is 1.56 bits per heavy atom. The van der Waals surface area contributed by atoms with Gasteiger partial charge in [0.05, 0.1) is 11.6 Å². The molecule has 4 aromatic rings. The van der Waals surface area contributed by atoms with Crippen molar-refractivity contribution in [2.75, 3.05) is 20.2 Å². The lowest BCUT2D eigenvalue weighted by Crippen LogP contribution is -2.50. The molecule has 12 rings (SSSR count). The van der Waals surface area contributed by atoms with E-state index in [-0.39, 0.29) is 29.0 Å². The van der Waals surface area contributed by atoms with Crippen molar-refractivity contribution in [2.24, 2.45) is 49.0 Å². The Balaban J connectivity index is 0.000000138. The molecule has 2 aliphatic heterocycles. The van der Waals surface area contributed by atoms with Gasteiger partial charge < -0.3 is 25.7 Å². The average Bonchev–Trinajstić information content (AvgIpc) is 4.10. The number of aliphatic imine (C=N–C) groups is 2. The summed E-state index contributed by atoms with van der Waals surface area (Å²) >= 11 is 0. The first-order valence-electron chi connectivity index (χ1n) is 22.5. The predicted molar refractivity (Wildman–Crippen MR) is 217 cm³/mol. The first kappa shape index (κ1) is 31.1. The van der Waals surface area contributed by atoms with Crippen LogP contribution in [-0.2, 0) is 38.1 Å². The minimum absolute atomic E-state index is 0.0378. The summed E-state index contributed by atoms with van der Waals surface area (Å²) in [5.74, 6) is 0.676. The van der Waals surface area contributed by atoms with Crippen molar-refractivity contribution >= 4 is 12.0 Å². The van der Waals surface area contributed by atoms with Crippen LogP contribution in [0.3, 0.4) is 0 Å². The van der Waals surface area contributed by atoms with Gasteiger partial charge in [0.15, 0.2) is 0 Å². The van der Waals surface area contributed by atoms with E-state index < -0.39 is 29.6 Å². The molecule has 11 heteroatoms. The number of amidine groups is 2. The maximum Gasteiger partial charge on any atom is 0.283 e. The second-order valence-corrected chi connectivity index (χ2v) is 18.4. The summed E-state index contributed by atoms with van der Waals surface area (Å²) in [6.45, 7) is -1.64. The smallest absolute Gasteiger partial charge is 0.283 e. The van der Waals surface area contributed by atoms with Crippen molar-refractivity contribution in [3.8, 4) is 22.3 Å². The third kappa shape index (κ3) is 5.12. The topological polar surface area (TPSA) is 156 Å². The molecule has 2 aromatic heterocycles. The summed E-state index contributed by atoms with van der Waals surface area (Å²) in [7, 11) is 1.80. The van der Waals surface area contributed by atoms with E-state index >= 15 is 0 Å². The molecule has 4 heterocycles. The normalized spacial score (nSPS) is 36.9. The summed E-state index contributed by atoms with van der Waals surface area (Å²) in [5, 5.41) is 0. The molecule has 2 aromatic carbocycles. The fourth-order valence-corrected chi connectivity index (χ4v) is 12.4. The van der Waals surface area contributed by atoms with Gasteiger partial charge in [0, 0.05) is 53.9 Å². The van der Waals surface area contributed by atoms with E-state index in [1.54, 1.807) is 31.9 Å². The molecule has 0 bridgehead atoms. The molecular formula is C46H52N8O3. The van der Waals surface area contributed by atoms with Crippen LogP contribution in [0.2, 0.25) is 0 Å². The molecule has 4 saturated carbocycles. The third-order valence-electron chi connectivity index (χ3n) is 15.7. The molecule has 0 amide bonds. The van der Waals surface area contributed by atoms with Crippen LogP contribution in [0.5, 0.6) is 0 Å². The average molecular weight is 769 g/mol. The summed E-state index contributed by atoms with van der Waals surface area (Å²) < 4.78 is 52.8. The van der Waals surface area contributed by atoms with Crippen molar-refractivity contribution in [1.82, 2.24) is 19.9 Å². The largest absolute Gasteiger partial charge is 0.462 e. The van der Waals surface area contributed by atoms with Crippen molar-refractivity contribution in [3.63, 3.8) is 0 Å². The standard InChI is InChI=1S/C23H26N4O2.C23H26N4O/c1-28-19-4-5-22(12-21(19)6-7-21)9-16-3-2-15(17-10-25-14-26-11-17)8-18(16)23(22)13-29-20(24)27-23;1-15-4-5-22(12-21(15)6-7-21)9-17-3-2-16(18-10-25-14-26-11-18)8-19(17)23(22)13-28-20(24)27-23/h2-3,8,10-11,14,19H,4-7,9,12-13H2,1H3,(H2,24,27);2-3,8,10-11,14-15H,4-7,9,12-13H2,1H3,(H2,24,27)/t19-,22+,23?;15-,22+,23?/m01/s1/i2*13D2. The molecule has 8 aliphatic rings. The Morgan fingerprint density at radius 1 is 0.649 bits per heavy atom. The molecule has 0 saturated heterocycles. The van der Waals surface area contributed by atoms with Crippen LogP contribution < -0.4 is 11.5 Å². The molecule has 57 heavy (non-hydrogen) atoms. The molecule has 0 radical (unpaired) electrons. The maximum atomic E-state index is 8.97. The molecule has 6 spiro atoms. The van der Waals surface area contributed by atoms with E-state index in [0.717, 1.165) is 109 Å². The van der Waals surface area contributed by atoms with Gasteiger partial charge in [-0.3, -0.25) is 0 Å². The van der Waals surface area contributed by atoms with E-state index in [4.69, 9.17) is 41.1 Å². The highest BCUT2D eigenvalue weighted by atomic mass is 16.5. The van der Waals surface area contributed by atoms with Crippen molar-refractivity contribution in [2.45, 2.75) is 101 Å². The lowest BCUT2D eigenvalue weighted by molar-refractivity contribution is -0.0621. The zero-order valence-electron chi connectivity index (χ0n) is 36.6. The number of benzene rings is 2.